The maximum Gasteiger partial charge on any atom is 0.171 e. The molecular formula is C15H14ClN3S. The molecule has 3 nitrogen and oxygen atoms in total. The summed E-state index contributed by atoms with van der Waals surface area (Å²) in [6, 6.07) is 12.0. The largest absolute Gasteiger partial charge is 0.333 e. The van der Waals surface area contributed by atoms with Gasteiger partial charge in [-0.05, 0) is 42.3 Å². The van der Waals surface area contributed by atoms with Gasteiger partial charge in [0, 0.05) is 16.5 Å². The molecule has 0 saturated carbocycles. The summed E-state index contributed by atoms with van der Waals surface area (Å²) in [6.45, 7) is 2.48. The van der Waals surface area contributed by atoms with E-state index in [9.17, 15) is 0 Å². The molecular weight excluding hydrogens is 290 g/mol. The van der Waals surface area contributed by atoms with E-state index in [0.29, 0.717) is 11.6 Å². The Morgan fingerprint density at radius 1 is 1.30 bits per heavy atom. The predicted molar refractivity (Wildman–Crippen MR) is 84.3 cm³/mol. The number of hydrogen-bond donors (Lipinski definition) is 2. The third-order valence-electron chi connectivity index (χ3n) is 3.10. The number of rotatable bonds is 3. The molecule has 0 radical (unpaired) electrons. The number of H-pyrrole nitrogens is 1. The lowest BCUT2D eigenvalue weighted by molar-refractivity contribution is 1.02. The van der Waals surface area contributed by atoms with Crippen molar-refractivity contribution < 1.29 is 0 Å². The standard InChI is InChI=1S/C15H14ClN3S/c1-9-5-6-12-13(7-9)19-15(18-12)20-14-4-2-3-11(16)10(14)8-17/h2-7H,8,17H2,1H3,(H,18,19). The number of imidazole rings is 1. The van der Waals surface area contributed by atoms with Gasteiger partial charge in [0.15, 0.2) is 5.16 Å². The molecule has 102 valence electrons. The van der Waals surface area contributed by atoms with Gasteiger partial charge < -0.3 is 10.7 Å². The molecule has 0 unspecified atom stereocenters. The molecule has 1 heterocycles. The number of fused-ring (bicyclic) bond motifs is 1. The number of aromatic nitrogens is 2. The van der Waals surface area contributed by atoms with Crippen molar-refractivity contribution in [3.63, 3.8) is 0 Å². The molecule has 1 aromatic heterocycles. The summed E-state index contributed by atoms with van der Waals surface area (Å²) < 4.78 is 0. The molecule has 5 heteroatoms. The summed E-state index contributed by atoms with van der Waals surface area (Å²) in [5.41, 5.74) is 9.95. The number of benzene rings is 2. The molecule has 0 fully saturated rings. The number of nitrogens with two attached hydrogens (primary N) is 1. The third-order valence-corrected chi connectivity index (χ3v) is 4.45. The van der Waals surface area contributed by atoms with Gasteiger partial charge in [0.25, 0.3) is 0 Å². The van der Waals surface area contributed by atoms with Gasteiger partial charge in [-0.15, -0.1) is 0 Å². The molecule has 0 spiro atoms. The van der Waals surface area contributed by atoms with E-state index in [0.717, 1.165) is 26.6 Å². The number of hydrogen-bond acceptors (Lipinski definition) is 3. The number of nitrogens with zero attached hydrogens (tertiary/aromatic N) is 1. The zero-order chi connectivity index (χ0) is 14.1. The fourth-order valence-corrected chi connectivity index (χ4v) is 3.37. The van der Waals surface area contributed by atoms with Crippen LogP contribution in [0.5, 0.6) is 0 Å². The Hall–Kier alpha value is -1.49. The minimum atomic E-state index is 0.418. The first-order valence-corrected chi connectivity index (χ1v) is 7.48. The molecule has 0 aliphatic rings. The van der Waals surface area contributed by atoms with E-state index in [2.05, 4.69) is 29.0 Å². The SMILES string of the molecule is Cc1ccc2nc(Sc3cccc(Cl)c3CN)[nH]c2c1. The molecule has 0 aliphatic carbocycles. The second-order valence-electron chi connectivity index (χ2n) is 4.59. The predicted octanol–water partition coefficient (Wildman–Crippen LogP) is 4.13. The number of nitrogens with one attached hydrogen (secondary N) is 1. The van der Waals surface area contributed by atoms with Gasteiger partial charge in [-0.25, -0.2) is 4.98 Å². The van der Waals surface area contributed by atoms with Gasteiger partial charge in [-0.1, -0.05) is 35.5 Å². The fourth-order valence-electron chi connectivity index (χ4n) is 2.09. The van der Waals surface area contributed by atoms with Crippen LogP contribution < -0.4 is 5.73 Å². The van der Waals surface area contributed by atoms with E-state index in [-0.39, 0.29) is 0 Å². The van der Waals surface area contributed by atoms with Gasteiger partial charge in [-0.2, -0.15) is 0 Å². The van der Waals surface area contributed by atoms with E-state index in [4.69, 9.17) is 17.3 Å². The van der Waals surface area contributed by atoms with Gasteiger partial charge in [0.1, 0.15) is 0 Å². The van der Waals surface area contributed by atoms with Gasteiger partial charge >= 0.3 is 0 Å². The quantitative estimate of drug-likeness (QED) is 0.765. The molecule has 0 aliphatic heterocycles. The first kappa shape index (κ1) is 13.5. The minimum absolute atomic E-state index is 0.418. The number of aryl methyl sites for hydroxylation is 1. The summed E-state index contributed by atoms with van der Waals surface area (Å²) >= 11 is 7.72. The van der Waals surface area contributed by atoms with E-state index < -0.39 is 0 Å². The van der Waals surface area contributed by atoms with Crippen LogP contribution in [0.15, 0.2) is 46.5 Å². The zero-order valence-electron chi connectivity index (χ0n) is 11.0. The topological polar surface area (TPSA) is 54.7 Å². The van der Waals surface area contributed by atoms with Gasteiger partial charge in [-0.3, -0.25) is 0 Å². The van der Waals surface area contributed by atoms with Crippen molar-refractivity contribution in [2.75, 3.05) is 0 Å². The number of halogens is 1. The fraction of sp³-hybridized carbons (Fsp3) is 0.133. The summed E-state index contributed by atoms with van der Waals surface area (Å²) in [5, 5.41) is 1.55. The first-order valence-electron chi connectivity index (χ1n) is 6.29. The van der Waals surface area contributed by atoms with Crippen LogP contribution in [-0.4, -0.2) is 9.97 Å². The van der Waals surface area contributed by atoms with Crippen LogP contribution in [0.3, 0.4) is 0 Å². The summed E-state index contributed by atoms with van der Waals surface area (Å²) in [5.74, 6) is 0. The summed E-state index contributed by atoms with van der Waals surface area (Å²) in [4.78, 5) is 8.94. The summed E-state index contributed by atoms with van der Waals surface area (Å²) in [6.07, 6.45) is 0. The molecule has 0 atom stereocenters. The van der Waals surface area contributed by atoms with Crippen LogP contribution in [0.25, 0.3) is 11.0 Å². The van der Waals surface area contributed by atoms with Crippen LogP contribution in [-0.2, 0) is 6.54 Å². The van der Waals surface area contributed by atoms with Crippen molar-refractivity contribution >= 4 is 34.4 Å². The van der Waals surface area contributed by atoms with E-state index in [1.807, 2.05) is 24.3 Å². The zero-order valence-corrected chi connectivity index (χ0v) is 12.6. The highest BCUT2D eigenvalue weighted by atomic mass is 35.5. The Balaban J connectivity index is 1.99. The summed E-state index contributed by atoms with van der Waals surface area (Å²) in [7, 11) is 0. The second-order valence-corrected chi connectivity index (χ2v) is 6.02. The highest BCUT2D eigenvalue weighted by Crippen LogP contribution is 2.33. The van der Waals surface area contributed by atoms with Crippen molar-refractivity contribution in [3.8, 4) is 0 Å². The molecule has 3 aromatic rings. The highest BCUT2D eigenvalue weighted by Gasteiger charge is 2.10. The van der Waals surface area contributed by atoms with Crippen molar-refractivity contribution in [1.82, 2.24) is 9.97 Å². The minimum Gasteiger partial charge on any atom is -0.333 e. The molecule has 0 amide bonds. The Labute approximate surface area is 126 Å². The van der Waals surface area contributed by atoms with Gasteiger partial charge in [0.2, 0.25) is 0 Å². The molecule has 0 bridgehead atoms. The molecule has 3 N–H and O–H groups in total. The average Bonchev–Trinajstić information content (AvgIpc) is 2.80. The monoisotopic (exact) mass is 303 g/mol. The lowest BCUT2D eigenvalue weighted by atomic mass is 10.2. The Bertz CT molecular complexity index is 767. The van der Waals surface area contributed by atoms with Crippen molar-refractivity contribution in [3.05, 3.63) is 52.5 Å². The first-order chi connectivity index (χ1) is 9.67. The molecule has 0 saturated heterocycles. The van der Waals surface area contributed by atoms with E-state index >= 15 is 0 Å². The average molecular weight is 304 g/mol. The number of aromatic amines is 1. The lowest BCUT2D eigenvalue weighted by Crippen LogP contribution is -1.99. The Kier molecular flexibility index (Phi) is 3.70. The van der Waals surface area contributed by atoms with Crippen LogP contribution in [0.2, 0.25) is 5.02 Å². The smallest absolute Gasteiger partial charge is 0.171 e. The van der Waals surface area contributed by atoms with Crippen molar-refractivity contribution in [2.24, 2.45) is 5.73 Å². The van der Waals surface area contributed by atoms with Crippen molar-refractivity contribution in [2.45, 2.75) is 23.5 Å². The third kappa shape index (κ3) is 2.54. The molecule has 20 heavy (non-hydrogen) atoms. The van der Waals surface area contributed by atoms with Crippen LogP contribution in [0.4, 0.5) is 0 Å². The van der Waals surface area contributed by atoms with Crippen LogP contribution >= 0.6 is 23.4 Å². The maximum atomic E-state index is 6.17. The van der Waals surface area contributed by atoms with Crippen LogP contribution in [0, 0.1) is 6.92 Å². The van der Waals surface area contributed by atoms with Crippen LogP contribution in [0.1, 0.15) is 11.1 Å². The highest BCUT2D eigenvalue weighted by molar-refractivity contribution is 7.99. The normalized spacial score (nSPS) is 11.2. The lowest BCUT2D eigenvalue weighted by Gasteiger charge is -2.07. The van der Waals surface area contributed by atoms with E-state index in [1.165, 1.54) is 5.56 Å². The Morgan fingerprint density at radius 2 is 2.15 bits per heavy atom. The van der Waals surface area contributed by atoms with E-state index in [1.54, 1.807) is 11.8 Å². The second kappa shape index (κ2) is 5.48. The molecule has 3 rings (SSSR count). The van der Waals surface area contributed by atoms with Gasteiger partial charge in [0.05, 0.1) is 11.0 Å². The molecule has 2 aromatic carbocycles. The maximum absolute atomic E-state index is 6.17. The Morgan fingerprint density at radius 3 is 2.95 bits per heavy atom. The van der Waals surface area contributed by atoms with Crippen molar-refractivity contribution in [1.29, 1.82) is 0 Å².